The smallest absolute Gasteiger partial charge is 0.254 e. The first-order valence-corrected chi connectivity index (χ1v) is 10.9. The minimum atomic E-state index is -0.0455. The Morgan fingerprint density at radius 1 is 0.963 bits per heavy atom. The van der Waals surface area contributed by atoms with Crippen molar-refractivity contribution in [2.24, 2.45) is 5.92 Å². The van der Waals surface area contributed by atoms with Gasteiger partial charge in [-0.2, -0.15) is 0 Å². The first kappa shape index (κ1) is 19.9. The van der Waals surface area contributed by atoms with E-state index in [1.165, 1.54) is 38.5 Å². The van der Waals surface area contributed by atoms with Crippen LogP contribution < -0.4 is 5.32 Å². The fraction of sp³-hybridized carbons (Fsp3) is 0.652. The lowest BCUT2D eigenvalue weighted by molar-refractivity contribution is 0.0390. The Hall–Kier alpha value is -1.84. The number of piperidine rings is 1. The molecule has 0 spiro atoms. The topological polar surface area (TPSA) is 49.4 Å². The van der Waals surface area contributed by atoms with E-state index in [0.717, 1.165) is 38.8 Å². The van der Waals surface area contributed by atoms with Crippen molar-refractivity contribution < 1.29 is 9.59 Å². The van der Waals surface area contributed by atoms with Crippen LogP contribution in [0.3, 0.4) is 0 Å². The number of nitrogens with one attached hydrogen (secondary N) is 1. The molecule has 2 aliphatic rings. The van der Waals surface area contributed by atoms with E-state index in [4.69, 9.17) is 0 Å². The molecule has 4 heteroatoms. The van der Waals surface area contributed by atoms with Crippen LogP contribution in [0.15, 0.2) is 24.3 Å². The van der Waals surface area contributed by atoms with Crippen LogP contribution in [-0.4, -0.2) is 35.8 Å². The Morgan fingerprint density at radius 3 is 2.44 bits per heavy atom. The zero-order valence-corrected chi connectivity index (χ0v) is 16.7. The van der Waals surface area contributed by atoms with E-state index >= 15 is 0 Å². The molecule has 1 saturated carbocycles. The van der Waals surface area contributed by atoms with Gasteiger partial charge in [0.25, 0.3) is 11.8 Å². The number of hydrogen-bond acceptors (Lipinski definition) is 2. The Bertz CT molecular complexity index is 624. The van der Waals surface area contributed by atoms with Crippen LogP contribution >= 0.6 is 0 Å². The summed E-state index contributed by atoms with van der Waals surface area (Å²) in [6.45, 7) is 3.77. The minimum Gasteiger partial charge on any atom is -0.352 e. The predicted octanol–water partition coefficient (Wildman–Crippen LogP) is 4.79. The Morgan fingerprint density at radius 2 is 1.67 bits per heavy atom. The van der Waals surface area contributed by atoms with E-state index in [1.54, 1.807) is 12.1 Å². The number of hydrogen-bond donors (Lipinski definition) is 1. The summed E-state index contributed by atoms with van der Waals surface area (Å²) in [6.07, 6.45) is 11.9. The van der Waals surface area contributed by atoms with E-state index in [0.29, 0.717) is 23.1 Å². The van der Waals surface area contributed by atoms with Crippen molar-refractivity contribution in [2.75, 3.05) is 13.1 Å². The zero-order valence-electron chi connectivity index (χ0n) is 16.7. The van der Waals surface area contributed by atoms with E-state index in [1.807, 2.05) is 12.1 Å². The Labute approximate surface area is 163 Å². The summed E-state index contributed by atoms with van der Waals surface area (Å²) in [5.41, 5.74) is 1.34. The number of rotatable bonds is 7. The molecule has 1 aromatic carbocycles. The van der Waals surface area contributed by atoms with Gasteiger partial charge in [0.05, 0.1) is 0 Å². The van der Waals surface area contributed by atoms with E-state index in [-0.39, 0.29) is 11.8 Å². The Kier molecular flexibility index (Phi) is 7.31. The fourth-order valence-electron chi connectivity index (χ4n) is 4.66. The van der Waals surface area contributed by atoms with Gasteiger partial charge < -0.3 is 10.2 Å². The quantitative estimate of drug-likeness (QED) is 0.702. The maximum absolute atomic E-state index is 13.0. The third-order valence-corrected chi connectivity index (χ3v) is 6.21. The highest BCUT2D eigenvalue weighted by Gasteiger charge is 2.35. The lowest BCUT2D eigenvalue weighted by Crippen LogP contribution is -2.49. The van der Waals surface area contributed by atoms with Crippen molar-refractivity contribution in [1.29, 1.82) is 0 Å². The molecule has 148 valence electrons. The number of fused-ring (bicyclic) bond motifs is 1. The molecule has 0 bridgehead atoms. The molecule has 4 nitrogen and oxygen atoms in total. The van der Waals surface area contributed by atoms with Crippen LogP contribution in [0, 0.1) is 5.92 Å². The third-order valence-electron chi connectivity index (χ3n) is 6.21. The van der Waals surface area contributed by atoms with Gasteiger partial charge in [-0.05, 0) is 62.3 Å². The molecule has 1 N–H and O–H groups in total. The van der Waals surface area contributed by atoms with Crippen molar-refractivity contribution in [2.45, 2.75) is 77.2 Å². The molecular weight excluding hydrogens is 336 g/mol. The van der Waals surface area contributed by atoms with Gasteiger partial charge in [0, 0.05) is 30.3 Å². The largest absolute Gasteiger partial charge is 0.352 e. The molecule has 2 amide bonds. The summed E-state index contributed by atoms with van der Waals surface area (Å²) in [4.78, 5) is 27.4. The molecule has 3 rings (SSSR count). The first-order valence-electron chi connectivity index (χ1n) is 10.9. The van der Waals surface area contributed by atoms with Gasteiger partial charge in [0.15, 0.2) is 0 Å². The molecule has 1 heterocycles. The van der Waals surface area contributed by atoms with E-state index in [2.05, 4.69) is 17.1 Å². The maximum atomic E-state index is 13.0. The van der Waals surface area contributed by atoms with Crippen LogP contribution in [0.2, 0.25) is 0 Å². The monoisotopic (exact) mass is 370 g/mol. The minimum absolute atomic E-state index is 0.0455. The molecule has 0 aromatic heterocycles. The second-order valence-electron chi connectivity index (χ2n) is 8.15. The van der Waals surface area contributed by atoms with Gasteiger partial charge in [-0.25, -0.2) is 0 Å². The summed E-state index contributed by atoms with van der Waals surface area (Å²) in [7, 11) is 0. The molecule has 1 aliphatic heterocycles. The summed E-state index contributed by atoms with van der Waals surface area (Å²) in [5.74, 6) is 0.781. The highest BCUT2D eigenvalue weighted by Crippen LogP contribution is 2.35. The fourth-order valence-corrected chi connectivity index (χ4v) is 4.66. The molecule has 2 atom stereocenters. The number of carbonyl (C=O) groups is 2. The highest BCUT2D eigenvalue weighted by molar-refractivity contribution is 5.98. The van der Waals surface area contributed by atoms with Crippen LogP contribution in [0.1, 0.15) is 91.8 Å². The number of nitrogens with zero attached hydrogens (tertiary/aromatic N) is 1. The average Bonchev–Trinajstić information content (AvgIpc) is 2.72. The second kappa shape index (κ2) is 9.91. The van der Waals surface area contributed by atoms with Crippen molar-refractivity contribution in [3.05, 3.63) is 35.4 Å². The third kappa shape index (κ3) is 5.12. The molecular formula is C23H34N2O2. The second-order valence-corrected chi connectivity index (χ2v) is 8.15. The number of carbonyl (C=O) groups excluding carboxylic acids is 2. The van der Waals surface area contributed by atoms with Crippen molar-refractivity contribution in [3.8, 4) is 0 Å². The summed E-state index contributed by atoms with van der Waals surface area (Å²) >= 11 is 0. The van der Waals surface area contributed by atoms with Gasteiger partial charge in [-0.15, -0.1) is 0 Å². The molecule has 0 unspecified atom stereocenters. The highest BCUT2D eigenvalue weighted by atomic mass is 16.2. The first-order chi connectivity index (χ1) is 13.2. The zero-order chi connectivity index (χ0) is 19.1. The van der Waals surface area contributed by atoms with Gasteiger partial charge >= 0.3 is 0 Å². The van der Waals surface area contributed by atoms with E-state index in [9.17, 15) is 9.59 Å². The average molecular weight is 371 g/mol. The van der Waals surface area contributed by atoms with Gasteiger partial charge in [0.1, 0.15) is 0 Å². The van der Waals surface area contributed by atoms with Crippen molar-refractivity contribution in [1.82, 2.24) is 10.2 Å². The van der Waals surface area contributed by atoms with Gasteiger partial charge in [-0.3, -0.25) is 9.59 Å². The number of likely N-dealkylation sites (tertiary alicyclic amines) is 1. The standard InChI is InChI=1S/C23H34N2O2/c1-2-3-4-7-16-24-22(26)19-12-14-20(15-13-19)23(27)25-17-8-10-18-9-5-6-11-21(18)25/h12-15,18,21H,2-11,16-17H2,1H3,(H,24,26)/t18-,21-/m0/s1. The lowest BCUT2D eigenvalue weighted by atomic mass is 9.78. The van der Waals surface area contributed by atoms with Gasteiger partial charge in [-0.1, -0.05) is 39.0 Å². The summed E-state index contributed by atoms with van der Waals surface area (Å²) in [5, 5.41) is 2.97. The predicted molar refractivity (Wildman–Crippen MR) is 109 cm³/mol. The molecule has 1 aromatic rings. The lowest BCUT2D eigenvalue weighted by Gasteiger charge is -2.44. The summed E-state index contributed by atoms with van der Waals surface area (Å²) in [6, 6.07) is 7.64. The van der Waals surface area contributed by atoms with Crippen LogP contribution in [0.25, 0.3) is 0 Å². The van der Waals surface area contributed by atoms with Gasteiger partial charge in [0.2, 0.25) is 0 Å². The van der Waals surface area contributed by atoms with Crippen molar-refractivity contribution in [3.63, 3.8) is 0 Å². The number of unbranched alkanes of at least 4 members (excludes halogenated alkanes) is 3. The maximum Gasteiger partial charge on any atom is 0.254 e. The number of amides is 2. The molecule has 1 aliphatic carbocycles. The molecule has 27 heavy (non-hydrogen) atoms. The number of benzene rings is 1. The van der Waals surface area contributed by atoms with Crippen LogP contribution in [0.5, 0.6) is 0 Å². The molecule has 1 saturated heterocycles. The van der Waals surface area contributed by atoms with Crippen molar-refractivity contribution >= 4 is 11.8 Å². The molecule has 0 radical (unpaired) electrons. The SMILES string of the molecule is CCCCCCNC(=O)c1ccc(C(=O)N2CCC[C@@H]3CCCC[C@@H]32)cc1. The summed E-state index contributed by atoms with van der Waals surface area (Å²) < 4.78 is 0. The molecule has 2 fully saturated rings. The van der Waals surface area contributed by atoms with E-state index < -0.39 is 0 Å². The normalized spacial score (nSPS) is 22.2. The van der Waals surface area contributed by atoms with Crippen LogP contribution in [-0.2, 0) is 0 Å². The Balaban J connectivity index is 1.56. The van der Waals surface area contributed by atoms with Crippen LogP contribution in [0.4, 0.5) is 0 Å².